The van der Waals surface area contributed by atoms with Crippen LogP contribution in [0.3, 0.4) is 0 Å². The van der Waals surface area contributed by atoms with E-state index in [1.54, 1.807) is 25.5 Å². The molecule has 2 aromatic rings. The number of aliphatic imine (C=N–C) groups is 1. The molecular formula is C22H32N4O3S. The predicted octanol–water partition coefficient (Wildman–Crippen LogP) is 2.76. The fraction of sp³-hybridized carbons (Fsp3) is 0.500. The first kappa shape index (κ1) is 22.4. The normalized spacial score (nSPS) is 17.2. The zero-order chi connectivity index (χ0) is 21.2. The molecule has 8 heteroatoms. The van der Waals surface area contributed by atoms with Crippen LogP contribution in [0, 0.1) is 0 Å². The summed E-state index contributed by atoms with van der Waals surface area (Å²) in [4.78, 5) is 8.20. The lowest BCUT2D eigenvalue weighted by Crippen LogP contribution is -2.47. The summed E-state index contributed by atoms with van der Waals surface area (Å²) in [6, 6.07) is 12.3. The molecule has 1 fully saturated rings. The van der Waals surface area contributed by atoms with Gasteiger partial charge in [0.25, 0.3) is 0 Å². The smallest absolute Gasteiger partial charge is 0.191 e. The molecular weight excluding hydrogens is 400 g/mol. The summed E-state index contributed by atoms with van der Waals surface area (Å²) in [5.41, 5.74) is 0. The van der Waals surface area contributed by atoms with Gasteiger partial charge in [-0.25, -0.2) is 0 Å². The van der Waals surface area contributed by atoms with Crippen LogP contribution in [0.2, 0.25) is 0 Å². The molecule has 3 rings (SSSR count). The zero-order valence-electron chi connectivity index (χ0n) is 18.0. The van der Waals surface area contributed by atoms with Crippen molar-refractivity contribution in [1.29, 1.82) is 0 Å². The second-order valence-electron chi connectivity index (χ2n) is 7.12. The molecule has 0 radical (unpaired) electrons. The summed E-state index contributed by atoms with van der Waals surface area (Å²) in [5, 5.41) is 8.98. The first-order chi connectivity index (χ1) is 14.7. The second-order valence-corrected chi connectivity index (χ2v) is 8.10. The van der Waals surface area contributed by atoms with Gasteiger partial charge in [0.2, 0.25) is 0 Å². The number of rotatable bonds is 9. The average Bonchev–Trinajstić information content (AvgIpc) is 3.31. The van der Waals surface area contributed by atoms with Gasteiger partial charge in [-0.05, 0) is 30.5 Å². The SMILES string of the molecule is CN=C(NCC(C)Oc1cccc(OC)c1)NCC(c1cccs1)N1CCOCC1. The third kappa shape index (κ3) is 6.62. The van der Waals surface area contributed by atoms with E-state index in [9.17, 15) is 0 Å². The van der Waals surface area contributed by atoms with Crippen molar-refractivity contribution in [3.05, 3.63) is 46.7 Å². The van der Waals surface area contributed by atoms with Gasteiger partial charge in [0.15, 0.2) is 5.96 Å². The van der Waals surface area contributed by atoms with Gasteiger partial charge in [-0.3, -0.25) is 9.89 Å². The Hall–Kier alpha value is -2.29. The Morgan fingerprint density at radius 2 is 1.93 bits per heavy atom. The molecule has 1 aliphatic heterocycles. The monoisotopic (exact) mass is 432 g/mol. The third-order valence-electron chi connectivity index (χ3n) is 4.98. The Morgan fingerprint density at radius 3 is 2.63 bits per heavy atom. The van der Waals surface area contributed by atoms with Crippen LogP contribution < -0.4 is 20.1 Å². The first-order valence-electron chi connectivity index (χ1n) is 10.3. The maximum Gasteiger partial charge on any atom is 0.191 e. The number of guanidine groups is 1. The molecule has 0 aliphatic carbocycles. The molecule has 2 N–H and O–H groups in total. The van der Waals surface area contributed by atoms with Crippen molar-refractivity contribution in [3.8, 4) is 11.5 Å². The Kier molecular flexibility index (Phi) is 8.80. The molecule has 0 spiro atoms. The summed E-state index contributed by atoms with van der Waals surface area (Å²) in [7, 11) is 3.44. The van der Waals surface area contributed by atoms with Crippen molar-refractivity contribution >= 4 is 17.3 Å². The van der Waals surface area contributed by atoms with Gasteiger partial charge in [0.05, 0.1) is 32.9 Å². The lowest BCUT2D eigenvalue weighted by atomic mass is 10.2. The summed E-state index contributed by atoms with van der Waals surface area (Å²) >= 11 is 1.79. The van der Waals surface area contributed by atoms with Crippen molar-refractivity contribution in [2.45, 2.75) is 19.1 Å². The topological polar surface area (TPSA) is 67.4 Å². The van der Waals surface area contributed by atoms with E-state index >= 15 is 0 Å². The number of methoxy groups -OCH3 is 1. The molecule has 1 aromatic heterocycles. The number of benzene rings is 1. The second kappa shape index (κ2) is 11.8. The quantitative estimate of drug-likeness (QED) is 0.469. The number of hydrogen-bond acceptors (Lipinski definition) is 6. The van der Waals surface area contributed by atoms with Crippen molar-refractivity contribution in [2.75, 3.05) is 53.6 Å². The molecule has 0 amide bonds. The maximum absolute atomic E-state index is 5.99. The van der Waals surface area contributed by atoms with Crippen molar-refractivity contribution < 1.29 is 14.2 Å². The molecule has 0 saturated carbocycles. The minimum Gasteiger partial charge on any atom is -0.497 e. The number of morpholine rings is 1. The summed E-state index contributed by atoms with van der Waals surface area (Å²) in [5.74, 6) is 2.34. The Morgan fingerprint density at radius 1 is 1.17 bits per heavy atom. The number of thiophene rings is 1. The lowest BCUT2D eigenvalue weighted by molar-refractivity contribution is 0.0177. The minimum atomic E-state index is -0.0250. The van der Waals surface area contributed by atoms with Crippen LogP contribution in [-0.2, 0) is 4.74 Å². The van der Waals surface area contributed by atoms with Crippen LogP contribution in [0.4, 0.5) is 0 Å². The first-order valence-corrected chi connectivity index (χ1v) is 11.2. The van der Waals surface area contributed by atoms with E-state index in [1.165, 1.54) is 4.88 Å². The number of nitrogens with zero attached hydrogens (tertiary/aromatic N) is 2. The molecule has 1 saturated heterocycles. The molecule has 2 unspecified atom stereocenters. The van der Waals surface area contributed by atoms with Gasteiger partial charge in [-0.2, -0.15) is 0 Å². The van der Waals surface area contributed by atoms with Crippen molar-refractivity contribution in [3.63, 3.8) is 0 Å². The largest absolute Gasteiger partial charge is 0.497 e. The lowest BCUT2D eigenvalue weighted by Gasteiger charge is -2.34. The van der Waals surface area contributed by atoms with E-state index in [2.05, 4.69) is 38.0 Å². The molecule has 1 aromatic carbocycles. The summed E-state index contributed by atoms with van der Waals surface area (Å²) in [6.07, 6.45) is -0.0250. The van der Waals surface area contributed by atoms with E-state index in [1.807, 2.05) is 31.2 Å². The van der Waals surface area contributed by atoms with Gasteiger partial charge in [-0.15, -0.1) is 11.3 Å². The number of nitrogens with one attached hydrogen (secondary N) is 2. The zero-order valence-corrected chi connectivity index (χ0v) is 18.8. The number of ether oxygens (including phenoxy) is 3. The molecule has 1 aliphatic rings. The van der Waals surface area contributed by atoms with Gasteiger partial charge < -0.3 is 24.8 Å². The fourth-order valence-corrected chi connectivity index (χ4v) is 4.24. The molecule has 2 heterocycles. The molecule has 30 heavy (non-hydrogen) atoms. The molecule has 0 bridgehead atoms. The third-order valence-corrected chi connectivity index (χ3v) is 5.95. The summed E-state index contributed by atoms with van der Waals surface area (Å²) in [6.45, 7) is 6.91. The predicted molar refractivity (Wildman–Crippen MR) is 122 cm³/mol. The Balaban J connectivity index is 1.50. The van der Waals surface area contributed by atoms with E-state index in [0.29, 0.717) is 12.6 Å². The van der Waals surface area contributed by atoms with Crippen LogP contribution in [-0.4, -0.2) is 70.5 Å². The van der Waals surface area contributed by atoms with Crippen LogP contribution in [0.1, 0.15) is 17.8 Å². The van der Waals surface area contributed by atoms with Crippen molar-refractivity contribution in [1.82, 2.24) is 15.5 Å². The van der Waals surface area contributed by atoms with E-state index in [4.69, 9.17) is 14.2 Å². The highest BCUT2D eigenvalue weighted by Gasteiger charge is 2.23. The van der Waals surface area contributed by atoms with Crippen LogP contribution in [0.25, 0.3) is 0 Å². The van der Waals surface area contributed by atoms with E-state index < -0.39 is 0 Å². The summed E-state index contributed by atoms with van der Waals surface area (Å²) < 4.78 is 16.8. The number of hydrogen-bond donors (Lipinski definition) is 2. The van der Waals surface area contributed by atoms with Crippen LogP contribution in [0.5, 0.6) is 11.5 Å². The van der Waals surface area contributed by atoms with E-state index in [-0.39, 0.29) is 6.10 Å². The van der Waals surface area contributed by atoms with Crippen molar-refractivity contribution in [2.24, 2.45) is 4.99 Å². The van der Waals surface area contributed by atoms with E-state index in [0.717, 1.165) is 50.3 Å². The highest BCUT2D eigenvalue weighted by atomic mass is 32.1. The molecule has 2 atom stereocenters. The van der Waals surface area contributed by atoms with Crippen LogP contribution >= 0.6 is 11.3 Å². The highest BCUT2D eigenvalue weighted by molar-refractivity contribution is 7.10. The fourth-order valence-electron chi connectivity index (χ4n) is 3.38. The van der Waals surface area contributed by atoms with Gasteiger partial charge in [0.1, 0.15) is 17.6 Å². The Bertz CT molecular complexity index is 778. The van der Waals surface area contributed by atoms with Crippen LogP contribution in [0.15, 0.2) is 46.8 Å². The Labute approximate surface area is 183 Å². The van der Waals surface area contributed by atoms with Gasteiger partial charge in [-0.1, -0.05) is 12.1 Å². The molecule has 164 valence electrons. The highest BCUT2D eigenvalue weighted by Crippen LogP contribution is 2.25. The van der Waals surface area contributed by atoms with Gasteiger partial charge in [0, 0.05) is 37.6 Å². The molecule has 7 nitrogen and oxygen atoms in total. The standard InChI is InChI=1S/C22H32N4O3S/c1-17(29-19-7-4-6-18(14-19)27-3)15-24-22(23-2)25-16-20(21-8-5-13-30-21)26-9-11-28-12-10-26/h4-8,13-14,17,20H,9-12,15-16H2,1-3H3,(H2,23,24,25). The maximum atomic E-state index is 5.99. The van der Waals surface area contributed by atoms with Gasteiger partial charge >= 0.3 is 0 Å². The minimum absolute atomic E-state index is 0.0250. The average molecular weight is 433 g/mol.